The topological polar surface area (TPSA) is 96.9 Å². The standard InChI is InChI=1S/C38H40ClFN8/c39-27-14-13-25(23-43-35-37(15-18-41-19-16-37)47-32-11-5-3-9-30(32)45-35)28(21-27)34-22-38(17-20-42-34)36(44-24-26-7-1-2-8-29(26)40)46-31-10-4-6-12-33(31)48-38/h1-14,21,34,41-42,47-48H,15-20,22-24H2,(H,43,45)(H,44,46). The molecule has 10 heteroatoms. The Morgan fingerprint density at radius 2 is 1.31 bits per heavy atom. The van der Waals surface area contributed by atoms with Crippen molar-refractivity contribution in [2.75, 3.05) is 30.3 Å². The SMILES string of the molecule is Fc1ccccc1CNC1=Nc2ccccc2NC12CCNC(c1cc(Cl)ccc1CNC1=Nc3ccccc3NC13CCNCC3)C2. The Labute approximate surface area is 285 Å². The van der Waals surface area contributed by atoms with E-state index in [4.69, 9.17) is 21.6 Å². The van der Waals surface area contributed by atoms with Crippen LogP contribution in [0.3, 0.4) is 0 Å². The summed E-state index contributed by atoms with van der Waals surface area (Å²) in [6.07, 6.45) is 3.43. The van der Waals surface area contributed by atoms with Crippen molar-refractivity contribution >= 4 is 46.0 Å². The predicted molar refractivity (Wildman–Crippen MR) is 193 cm³/mol. The van der Waals surface area contributed by atoms with E-state index in [0.29, 0.717) is 23.7 Å². The van der Waals surface area contributed by atoms with Gasteiger partial charge in [-0.25, -0.2) is 14.4 Å². The van der Waals surface area contributed by atoms with Crippen LogP contribution in [0.25, 0.3) is 0 Å². The van der Waals surface area contributed by atoms with Gasteiger partial charge in [0.2, 0.25) is 0 Å². The normalized spacial score (nSPS) is 22.4. The molecule has 4 aliphatic heterocycles. The van der Waals surface area contributed by atoms with Crippen LogP contribution in [-0.4, -0.2) is 42.4 Å². The summed E-state index contributed by atoms with van der Waals surface area (Å²) in [4.78, 5) is 10.3. The van der Waals surface area contributed by atoms with Crippen LogP contribution < -0.4 is 31.9 Å². The molecule has 0 radical (unpaired) electrons. The van der Waals surface area contributed by atoms with E-state index in [1.807, 2.05) is 42.5 Å². The molecule has 0 amide bonds. The van der Waals surface area contributed by atoms with E-state index in [2.05, 4.69) is 68.3 Å². The minimum Gasteiger partial charge on any atom is -0.371 e. The minimum atomic E-state index is -0.483. The molecular weight excluding hydrogens is 623 g/mol. The molecule has 8 nitrogen and oxygen atoms in total. The van der Waals surface area contributed by atoms with E-state index in [1.54, 1.807) is 6.07 Å². The number of nitrogens with one attached hydrogen (secondary N) is 6. The third-order valence-electron chi connectivity index (χ3n) is 10.2. The number of hydrogen-bond donors (Lipinski definition) is 6. The van der Waals surface area contributed by atoms with Gasteiger partial charge < -0.3 is 31.9 Å². The first-order valence-electron chi connectivity index (χ1n) is 16.9. The fourth-order valence-electron chi connectivity index (χ4n) is 7.66. The number of nitrogens with zero attached hydrogens (tertiary/aromatic N) is 2. The maximum atomic E-state index is 14.6. The summed E-state index contributed by atoms with van der Waals surface area (Å²) in [5.41, 5.74) is 6.09. The zero-order valence-corrected chi connectivity index (χ0v) is 27.5. The first-order valence-corrected chi connectivity index (χ1v) is 17.2. The zero-order valence-electron chi connectivity index (χ0n) is 26.8. The third-order valence-corrected chi connectivity index (χ3v) is 10.4. The van der Waals surface area contributed by atoms with E-state index in [9.17, 15) is 4.39 Å². The second kappa shape index (κ2) is 12.9. The molecule has 2 atom stereocenters. The molecule has 48 heavy (non-hydrogen) atoms. The number of para-hydroxylation sites is 4. The molecule has 0 aromatic heterocycles. The lowest BCUT2D eigenvalue weighted by Crippen LogP contribution is -2.59. The van der Waals surface area contributed by atoms with Crippen LogP contribution in [0.1, 0.15) is 48.4 Å². The number of piperidine rings is 2. The van der Waals surface area contributed by atoms with Crippen molar-refractivity contribution in [3.8, 4) is 0 Å². The smallest absolute Gasteiger partial charge is 0.128 e. The lowest BCUT2D eigenvalue weighted by atomic mass is 9.78. The maximum absolute atomic E-state index is 14.6. The van der Waals surface area contributed by atoms with Gasteiger partial charge in [-0.15, -0.1) is 0 Å². The Morgan fingerprint density at radius 1 is 0.708 bits per heavy atom. The molecule has 0 bridgehead atoms. The van der Waals surface area contributed by atoms with E-state index in [-0.39, 0.29) is 17.4 Å². The molecule has 246 valence electrons. The van der Waals surface area contributed by atoms with Gasteiger partial charge in [-0.05, 0) is 98.9 Å². The quantitative estimate of drug-likeness (QED) is 0.138. The van der Waals surface area contributed by atoms with Gasteiger partial charge in [-0.3, -0.25) is 0 Å². The van der Waals surface area contributed by atoms with Crippen LogP contribution in [0, 0.1) is 5.82 Å². The predicted octanol–water partition coefficient (Wildman–Crippen LogP) is 6.96. The molecule has 4 aromatic carbocycles. The molecule has 6 N–H and O–H groups in total. The van der Waals surface area contributed by atoms with Crippen molar-refractivity contribution in [1.29, 1.82) is 0 Å². The fourth-order valence-corrected chi connectivity index (χ4v) is 7.84. The van der Waals surface area contributed by atoms with Crippen LogP contribution in [-0.2, 0) is 13.1 Å². The lowest BCUT2D eigenvalue weighted by molar-refractivity contribution is 0.334. The molecule has 2 saturated heterocycles. The Hall–Kier alpha value is -4.44. The Balaban J connectivity index is 1.09. The van der Waals surface area contributed by atoms with Gasteiger partial charge in [-0.2, -0.15) is 0 Å². The number of benzene rings is 4. The van der Waals surface area contributed by atoms with Crippen molar-refractivity contribution in [3.63, 3.8) is 0 Å². The van der Waals surface area contributed by atoms with Gasteiger partial charge >= 0.3 is 0 Å². The second-order valence-electron chi connectivity index (χ2n) is 13.2. The Bertz CT molecular complexity index is 1890. The van der Waals surface area contributed by atoms with Gasteiger partial charge in [0, 0.05) is 29.7 Å². The van der Waals surface area contributed by atoms with Crippen LogP contribution in [0.4, 0.5) is 27.1 Å². The van der Waals surface area contributed by atoms with Crippen LogP contribution in [0.2, 0.25) is 5.02 Å². The molecule has 4 aliphatic rings. The van der Waals surface area contributed by atoms with E-state index in [0.717, 1.165) is 90.9 Å². The summed E-state index contributed by atoms with van der Waals surface area (Å²) in [7, 11) is 0. The molecule has 4 aromatic rings. The highest BCUT2D eigenvalue weighted by atomic mass is 35.5. The molecule has 2 fully saturated rings. The van der Waals surface area contributed by atoms with Crippen molar-refractivity contribution in [3.05, 3.63) is 119 Å². The highest BCUT2D eigenvalue weighted by Gasteiger charge is 2.44. The van der Waals surface area contributed by atoms with E-state index >= 15 is 0 Å². The van der Waals surface area contributed by atoms with Gasteiger partial charge in [0.25, 0.3) is 0 Å². The minimum absolute atomic E-state index is 0.00698. The molecule has 4 heterocycles. The Kier molecular flexibility index (Phi) is 8.28. The summed E-state index contributed by atoms with van der Waals surface area (Å²) in [6, 6.07) is 29.4. The van der Waals surface area contributed by atoms with E-state index < -0.39 is 5.54 Å². The number of rotatable bonds is 5. The van der Waals surface area contributed by atoms with Gasteiger partial charge in [0.15, 0.2) is 0 Å². The first kappa shape index (κ1) is 30.9. The summed E-state index contributed by atoms with van der Waals surface area (Å²) in [5.74, 6) is 1.58. The monoisotopic (exact) mass is 662 g/mol. The lowest BCUT2D eigenvalue weighted by Gasteiger charge is -2.46. The molecule has 2 spiro atoms. The number of amidine groups is 2. The largest absolute Gasteiger partial charge is 0.371 e. The summed E-state index contributed by atoms with van der Waals surface area (Å²) >= 11 is 6.69. The van der Waals surface area contributed by atoms with Crippen molar-refractivity contribution < 1.29 is 4.39 Å². The number of anilines is 2. The number of halogens is 2. The average molecular weight is 663 g/mol. The zero-order chi connectivity index (χ0) is 32.6. The fraction of sp³-hybridized carbons (Fsp3) is 0.316. The Morgan fingerprint density at radius 3 is 2.04 bits per heavy atom. The second-order valence-corrected chi connectivity index (χ2v) is 13.7. The molecule has 8 rings (SSSR count). The summed E-state index contributed by atoms with van der Waals surface area (Å²) in [6.45, 7) is 3.59. The molecular formula is C38H40ClFN8. The number of aliphatic imine (C=N–C) groups is 2. The van der Waals surface area contributed by atoms with Crippen LogP contribution >= 0.6 is 11.6 Å². The van der Waals surface area contributed by atoms with Crippen LogP contribution in [0.5, 0.6) is 0 Å². The first-order chi connectivity index (χ1) is 23.5. The summed E-state index contributed by atoms with van der Waals surface area (Å²) < 4.78 is 14.6. The van der Waals surface area contributed by atoms with Crippen LogP contribution in [0.15, 0.2) is 101 Å². The van der Waals surface area contributed by atoms with Gasteiger partial charge in [0.05, 0.1) is 33.8 Å². The van der Waals surface area contributed by atoms with Crippen molar-refractivity contribution in [2.45, 2.75) is 55.9 Å². The van der Waals surface area contributed by atoms with Gasteiger partial charge in [-0.1, -0.05) is 60.1 Å². The number of fused-ring (bicyclic) bond motifs is 2. The number of hydrogen-bond acceptors (Lipinski definition) is 8. The average Bonchev–Trinajstić information content (AvgIpc) is 3.11. The highest BCUT2D eigenvalue weighted by molar-refractivity contribution is 6.30. The van der Waals surface area contributed by atoms with E-state index in [1.165, 1.54) is 6.07 Å². The third kappa shape index (κ3) is 5.91. The maximum Gasteiger partial charge on any atom is 0.128 e. The molecule has 0 saturated carbocycles. The van der Waals surface area contributed by atoms with Crippen molar-refractivity contribution in [1.82, 2.24) is 21.3 Å². The molecule has 2 unspecified atom stereocenters. The summed E-state index contributed by atoms with van der Waals surface area (Å²) in [5, 5.41) is 23.0. The highest BCUT2D eigenvalue weighted by Crippen LogP contribution is 2.42. The molecule has 0 aliphatic carbocycles. The van der Waals surface area contributed by atoms with Gasteiger partial charge in [0.1, 0.15) is 17.5 Å². The van der Waals surface area contributed by atoms with Crippen molar-refractivity contribution in [2.24, 2.45) is 9.98 Å².